The molecule has 2 aromatic carbocycles. The van der Waals surface area contributed by atoms with E-state index in [1.807, 2.05) is 48.5 Å². The molecule has 5 nitrogen and oxygen atoms in total. The zero-order valence-electron chi connectivity index (χ0n) is 13.7. The molecule has 1 atom stereocenters. The monoisotopic (exact) mass is 426 g/mol. The summed E-state index contributed by atoms with van der Waals surface area (Å²) >= 11 is 4.94. The summed E-state index contributed by atoms with van der Waals surface area (Å²) < 4.78 is 0.956. The van der Waals surface area contributed by atoms with Crippen LogP contribution in [0.2, 0.25) is 0 Å². The fourth-order valence-corrected chi connectivity index (χ4v) is 3.92. The number of hydrogen-bond donors (Lipinski definition) is 1. The molecule has 2 aromatic rings. The van der Waals surface area contributed by atoms with Gasteiger partial charge in [-0.3, -0.25) is 15.1 Å². The third-order valence-corrected chi connectivity index (χ3v) is 5.35. The van der Waals surface area contributed by atoms with Crippen molar-refractivity contribution in [1.82, 2.24) is 10.3 Å². The number of carbonyl (C=O) groups excluding carboxylic acids is 1. The summed E-state index contributed by atoms with van der Waals surface area (Å²) in [7, 11) is 0. The van der Waals surface area contributed by atoms with Gasteiger partial charge in [0.25, 0.3) is 5.91 Å². The minimum absolute atomic E-state index is 0.172. The lowest BCUT2D eigenvalue weighted by molar-refractivity contribution is -0.116. The van der Waals surface area contributed by atoms with Crippen molar-refractivity contribution in [3.8, 4) is 0 Å². The number of hydrazone groups is 1. The smallest absolute Gasteiger partial charge is 0.276 e. The quantitative estimate of drug-likeness (QED) is 0.767. The number of benzene rings is 2. The lowest BCUT2D eigenvalue weighted by atomic mass is 10.1. The van der Waals surface area contributed by atoms with E-state index in [-0.39, 0.29) is 5.91 Å². The molecule has 26 heavy (non-hydrogen) atoms. The van der Waals surface area contributed by atoms with Crippen LogP contribution in [0.25, 0.3) is 5.70 Å². The Balaban J connectivity index is 1.92. The van der Waals surface area contributed by atoms with E-state index < -0.39 is 6.17 Å². The highest BCUT2D eigenvalue weighted by Crippen LogP contribution is 2.31. The van der Waals surface area contributed by atoms with E-state index in [1.54, 1.807) is 11.1 Å². The van der Waals surface area contributed by atoms with Crippen molar-refractivity contribution in [2.75, 3.05) is 5.75 Å². The number of amidine groups is 1. The molecule has 1 N–H and O–H groups in total. The molecule has 2 aliphatic rings. The average molecular weight is 427 g/mol. The zero-order chi connectivity index (χ0) is 18.1. The van der Waals surface area contributed by atoms with Gasteiger partial charge in [-0.25, -0.2) is 5.01 Å². The number of fused-ring (bicyclic) bond motifs is 2. The Bertz CT molecular complexity index is 1050. The summed E-state index contributed by atoms with van der Waals surface area (Å²) in [6, 6.07) is 15.5. The lowest BCUT2D eigenvalue weighted by Crippen LogP contribution is -2.50. The molecule has 2 aliphatic heterocycles. The van der Waals surface area contributed by atoms with Crippen molar-refractivity contribution in [1.29, 1.82) is 0 Å². The van der Waals surface area contributed by atoms with Gasteiger partial charge < -0.3 is 0 Å². The number of rotatable bonds is 3. The fourth-order valence-electron chi connectivity index (χ4n) is 2.91. The molecule has 0 aromatic heterocycles. The molecule has 0 unspecified atom stereocenters. The Morgan fingerprint density at radius 1 is 1.27 bits per heavy atom. The number of hydrogen-bond acceptors (Lipinski definition) is 5. The van der Waals surface area contributed by atoms with E-state index in [2.05, 4.69) is 32.9 Å². The van der Waals surface area contributed by atoms with Crippen molar-refractivity contribution in [3.05, 3.63) is 81.8 Å². The van der Waals surface area contributed by atoms with E-state index >= 15 is 0 Å². The van der Waals surface area contributed by atoms with Crippen LogP contribution in [0, 0.1) is 0 Å². The van der Waals surface area contributed by atoms with Crippen molar-refractivity contribution >= 4 is 44.5 Å². The fraction of sp³-hybridized carbons (Fsp3) is 0.105. The molecule has 130 valence electrons. The highest BCUT2D eigenvalue weighted by Gasteiger charge is 2.34. The van der Waals surface area contributed by atoms with Crippen molar-refractivity contribution < 1.29 is 4.79 Å². The number of thioether (sulfide) groups is 1. The highest BCUT2D eigenvalue weighted by atomic mass is 79.9. The first-order valence-corrected chi connectivity index (χ1v) is 9.81. The van der Waals surface area contributed by atoms with Crippen LogP contribution in [0.15, 0.2) is 75.8 Å². The van der Waals surface area contributed by atoms with Gasteiger partial charge in [0.2, 0.25) is 0 Å². The van der Waals surface area contributed by atoms with Crippen LogP contribution in [0.5, 0.6) is 0 Å². The molecule has 0 aliphatic carbocycles. The first kappa shape index (κ1) is 17.1. The van der Waals surface area contributed by atoms with E-state index in [9.17, 15) is 4.79 Å². The van der Waals surface area contributed by atoms with Crippen LogP contribution < -0.4 is 15.9 Å². The second kappa shape index (κ2) is 7.09. The molecule has 1 amide bonds. The first-order chi connectivity index (χ1) is 12.7. The third kappa shape index (κ3) is 3.08. The number of nitrogens with zero attached hydrogens (tertiary/aromatic N) is 3. The van der Waals surface area contributed by atoms with Crippen molar-refractivity contribution in [3.63, 3.8) is 0 Å². The Labute approximate surface area is 163 Å². The van der Waals surface area contributed by atoms with Crippen LogP contribution in [0.4, 0.5) is 0 Å². The minimum Gasteiger partial charge on any atom is -0.298 e. The van der Waals surface area contributed by atoms with Gasteiger partial charge in [-0.2, -0.15) is 0 Å². The summed E-state index contributed by atoms with van der Waals surface area (Å²) in [6.45, 7) is 3.72. The molecule has 0 spiro atoms. The normalized spacial score (nSPS) is 18.3. The zero-order valence-corrected chi connectivity index (χ0v) is 16.1. The number of amides is 1. The van der Waals surface area contributed by atoms with Crippen LogP contribution in [-0.4, -0.2) is 21.8 Å². The van der Waals surface area contributed by atoms with Crippen molar-refractivity contribution in [2.24, 2.45) is 10.1 Å². The molecule has 0 radical (unpaired) electrons. The molecule has 0 saturated heterocycles. The van der Waals surface area contributed by atoms with Gasteiger partial charge >= 0.3 is 0 Å². The molecule has 4 rings (SSSR count). The third-order valence-electron chi connectivity index (χ3n) is 4.00. The van der Waals surface area contributed by atoms with Crippen LogP contribution in [-0.2, 0) is 4.79 Å². The highest BCUT2D eigenvalue weighted by molar-refractivity contribution is 9.10. The molecule has 7 heteroatoms. The predicted molar refractivity (Wildman–Crippen MR) is 108 cm³/mol. The summed E-state index contributed by atoms with van der Waals surface area (Å²) in [5.74, 6) is 0.492. The van der Waals surface area contributed by atoms with Gasteiger partial charge in [0.15, 0.2) is 11.3 Å². The van der Waals surface area contributed by atoms with Crippen LogP contribution in [0.3, 0.4) is 0 Å². The van der Waals surface area contributed by atoms with Gasteiger partial charge in [-0.1, -0.05) is 64.1 Å². The predicted octanol–water partition coefficient (Wildman–Crippen LogP) is 2.51. The molecule has 2 heterocycles. The number of halogens is 1. The maximum absolute atomic E-state index is 12.8. The summed E-state index contributed by atoms with van der Waals surface area (Å²) in [6.07, 6.45) is 1.38. The van der Waals surface area contributed by atoms with E-state index in [0.29, 0.717) is 16.6 Å². The summed E-state index contributed by atoms with van der Waals surface area (Å²) in [5, 5.41) is 11.4. The molecule has 0 fully saturated rings. The first-order valence-electron chi connectivity index (χ1n) is 8.03. The Hall–Kier alpha value is -2.38. The molecule has 0 bridgehead atoms. The van der Waals surface area contributed by atoms with E-state index in [4.69, 9.17) is 4.99 Å². The standard InChI is InChI=1S/C19H15BrN4OS/c1-2-10-26-19-22-18(25)16-14-8-3-4-9-15(14)21-17(24(16)23-19)12-6-5-7-13(20)11-12/h2-9,11,17H,1,10H2,(H,22,23,25)/t17-/m0/s1. The summed E-state index contributed by atoms with van der Waals surface area (Å²) in [5.41, 5.74) is 1.47. The van der Waals surface area contributed by atoms with Gasteiger partial charge in [0.1, 0.15) is 5.70 Å². The molecular weight excluding hydrogens is 412 g/mol. The number of carbonyl (C=O) groups is 1. The number of para-hydroxylation sites is 1. The van der Waals surface area contributed by atoms with Gasteiger partial charge in [-0.15, -0.1) is 11.7 Å². The maximum atomic E-state index is 12.8. The topological polar surface area (TPSA) is 57.1 Å². The second-order valence-corrected chi connectivity index (χ2v) is 7.65. The minimum atomic E-state index is -0.400. The van der Waals surface area contributed by atoms with E-state index in [0.717, 1.165) is 20.6 Å². The Morgan fingerprint density at radius 2 is 2.12 bits per heavy atom. The summed E-state index contributed by atoms with van der Waals surface area (Å²) in [4.78, 5) is 17.7. The second-order valence-electron chi connectivity index (χ2n) is 5.73. The molecular formula is C19H15BrN4OS. The van der Waals surface area contributed by atoms with Gasteiger partial charge in [0.05, 0.1) is 5.36 Å². The molecule has 0 saturated carbocycles. The Kier molecular flexibility index (Phi) is 4.65. The Morgan fingerprint density at radius 3 is 2.92 bits per heavy atom. The SMILES string of the molecule is C=CCSC1=NN2C(=c3ccccc3=N[C@@H]2c2cccc(Br)c2)C(=O)N1. The average Bonchev–Trinajstić information content (AvgIpc) is 2.65. The van der Waals surface area contributed by atoms with Crippen LogP contribution >= 0.6 is 27.7 Å². The van der Waals surface area contributed by atoms with Crippen molar-refractivity contribution in [2.45, 2.75) is 6.17 Å². The lowest BCUT2D eigenvalue weighted by Gasteiger charge is -2.34. The number of nitrogens with one attached hydrogen (secondary N) is 1. The largest absolute Gasteiger partial charge is 0.298 e. The van der Waals surface area contributed by atoms with Gasteiger partial charge in [0, 0.05) is 15.4 Å². The van der Waals surface area contributed by atoms with Crippen LogP contribution in [0.1, 0.15) is 11.7 Å². The van der Waals surface area contributed by atoms with E-state index in [1.165, 1.54) is 11.8 Å². The van der Waals surface area contributed by atoms with Gasteiger partial charge in [-0.05, 0) is 23.8 Å². The maximum Gasteiger partial charge on any atom is 0.276 e.